The lowest BCUT2D eigenvalue weighted by Crippen LogP contribution is -2.37. The summed E-state index contributed by atoms with van der Waals surface area (Å²) in [6.45, 7) is 2.23. The van der Waals surface area contributed by atoms with Crippen molar-refractivity contribution in [1.29, 1.82) is 0 Å². The molecule has 0 aromatic heterocycles. The number of halogens is 3. The van der Waals surface area contributed by atoms with Crippen molar-refractivity contribution in [3.05, 3.63) is 54.1 Å². The van der Waals surface area contributed by atoms with Crippen molar-refractivity contribution in [2.24, 2.45) is 5.92 Å². The number of hydrogen-bond acceptors (Lipinski definition) is 3. The smallest absolute Gasteiger partial charge is 0.317 e. The van der Waals surface area contributed by atoms with Crippen LogP contribution in [0.15, 0.2) is 42.5 Å². The molecule has 4 rings (SSSR count). The molecule has 0 spiro atoms. The number of benzene rings is 2. The lowest BCUT2D eigenvalue weighted by atomic mass is 9.95. The molecule has 152 valence electrons. The van der Waals surface area contributed by atoms with Gasteiger partial charge in [-0.2, -0.15) is 8.42 Å². The fourth-order valence-corrected chi connectivity index (χ4v) is 5.54. The van der Waals surface area contributed by atoms with Crippen molar-refractivity contribution < 1.29 is 17.2 Å². The maximum atomic E-state index is 14.4. The third-order valence-electron chi connectivity index (χ3n) is 5.21. The van der Waals surface area contributed by atoms with Crippen molar-refractivity contribution >= 4 is 39.7 Å². The summed E-state index contributed by atoms with van der Waals surface area (Å²) >= 11 is 0. The van der Waals surface area contributed by atoms with E-state index >= 15 is 0 Å². The number of piperidine rings is 1. The van der Waals surface area contributed by atoms with Crippen molar-refractivity contribution in [3.63, 3.8) is 0 Å². The molecule has 1 N–H and O–H groups in total. The Morgan fingerprint density at radius 1 is 1.00 bits per heavy atom. The van der Waals surface area contributed by atoms with Crippen LogP contribution in [0, 0.1) is 17.6 Å². The maximum Gasteiger partial charge on any atom is 0.331 e. The standard InChI is InChI=1S/C19H21F2N3O2S.ClH/c20-15-5-6-17(16(21)13-15)24-19-4-2-1-3-18(19)23(27(24,25)26)12-9-14-7-10-22-11-8-14;/h1-6,13-14,22H,7-12H2;1H. The van der Waals surface area contributed by atoms with Crippen LogP contribution in [0.1, 0.15) is 19.3 Å². The molecule has 2 aromatic rings. The van der Waals surface area contributed by atoms with Crippen molar-refractivity contribution in [3.8, 4) is 0 Å². The van der Waals surface area contributed by atoms with Crippen LogP contribution in [0.2, 0.25) is 0 Å². The van der Waals surface area contributed by atoms with Crippen molar-refractivity contribution in [2.75, 3.05) is 28.2 Å². The highest BCUT2D eigenvalue weighted by atomic mass is 35.5. The van der Waals surface area contributed by atoms with E-state index in [2.05, 4.69) is 5.32 Å². The Morgan fingerprint density at radius 3 is 2.36 bits per heavy atom. The quantitative estimate of drug-likeness (QED) is 0.799. The first-order chi connectivity index (χ1) is 13.0. The lowest BCUT2D eigenvalue weighted by molar-refractivity contribution is 0.358. The summed E-state index contributed by atoms with van der Waals surface area (Å²) in [5.74, 6) is -1.19. The summed E-state index contributed by atoms with van der Waals surface area (Å²) in [6.07, 6.45) is 2.78. The zero-order valence-electron chi connectivity index (χ0n) is 15.1. The molecule has 2 aromatic carbocycles. The fraction of sp³-hybridized carbons (Fsp3) is 0.368. The minimum atomic E-state index is -3.99. The van der Waals surface area contributed by atoms with Crippen LogP contribution in [-0.2, 0) is 10.2 Å². The monoisotopic (exact) mass is 429 g/mol. The first-order valence-electron chi connectivity index (χ1n) is 9.06. The van der Waals surface area contributed by atoms with Gasteiger partial charge in [0.2, 0.25) is 0 Å². The minimum Gasteiger partial charge on any atom is -0.317 e. The van der Waals surface area contributed by atoms with Gasteiger partial charge in [0.1, 0.15) is 5.82 Å². The molecule has 9 heteroatoms. The summed E-state index contributed by atoms with van der Waals surface area (Å²) in [6, 6.07) is 9.75. The van der Waals surface area contributed by atoms with Gasteiger partial charge in [0.05, 0.1) is 17.1 Å². The molecule has 0 atom stereocenters. The normalized spacial score (nSPS) is 18.6. The molecule has 0 bridgehead atoms. The van der Waals surface area contributed by atoms with Gasteiger partial charge in [0.25, 0.3) is 0 Å². The molecule has 5 nitrogen and oxygen atoms in total. The van der Waals surface area contributed by atoms with E-state index in [1.165, 1.54) is 4.31 Å². The zero-order valence-corrected chi connectivity index (χ0v) is 16.8. The third-order valence-corrected chi connectivity index (χ3v) is 7.00. The molecule has 2 aliphatic heterocycles. The van der Waals surface area contributed by atoms with Crippen LogP contribution in [0.5, 0.6) is 0 Å². The number of anilines is 3. The summed E-state index contributed by atoms with van der Waals surface area (Å²) in [4.78, 5) is 0. The van der Waals surface area contributed by atoms with Crippen LogP contribution in [0.3, 0.4) is 0 Å². The van der Waals surface area contributed by atoms with Crippen LogP contribution in [-0.4, -0.2) is 28.1 Å². The summed E-state index contributed by atoms with van der Waals surface area (Å²) in [7, 11) is -3.99. The van der Waals surface area contributed by atoms with E-state index in [-0.39, 0.29) is 18.1 Å². The molecule has 0 unspecified atom stereocenters. The Kier molecular flexibility index (Phi) is 6.12. The van der Waals surface area contributed by atoms with E-state index in [0.29, 0.717) is 29.9 Å². The van der Waals surface area contributed by atoms with Gasteiger partial charge < -0.3 is 5.32 Å². The Bertz CT molecular complexity index is 952. The molecular formula is C19H22ClF2N3O2S. The molecule has 1 saturated heterocycles. The summed E-state index contributed by atoms with van der Waals surface area (Å²) in [5, 5.41) is 3.30. The molecule has 0 saturated carbocycles. The first-order valence-corrected chi connectivity index (χ1v) is 10.5. The minimum absolute atomic E-state index is 0. The first kappa shape index (κ1) is 20.8. The third kappa shape index (κ3) is 3.68. The SMILES string of the molecule is Cl.O=S1(=O)N(CCC2CCNCC2)c2ccccc2N1c1ccc(F)cc1F. The van der Waals surface area contributed by atoms with E-state index in [4.69, 9.17) is 0 Å². The Labute approximate surface area is 169 Å². The summed E-state index contributed by atoms with van der Waals surface area (Å²) < 4.78 is 56.5. The number of hydrogen-bond donors (Lipinski definition) is 1. The summed E-state index contributed by atoms with van der Waals surface area (Å²) in [5.41, 5.74) is 0.733. The molecule has 2 aliphatic rings. The fourth-order valence-electron chi connectivity index (χ4n) is 3.80. The molecule has 0 amide bonds. The number of rotatable bonds is 4. The largest absolute Gasteiger partial charge is 0.331 e. The van der Waals surface area contributed by atoms with E-state index in [1.807, 2.05) is 0 Å². The average Bonchev–Trinajstić information content (AvgIpc) is 2.87. The Hall–Kier alpha value is -1.90. The van der Waals surface area contributed by atoms with Gasteiger partial charge in [-0.05, 0) is 62.5 Å². The highest BCUT2D eigenvalue weighted by Gasteiger charge is 2.42. The van der Waals surface area contributed by atoms with Gasteiger partial charge >= 0.3 is 10.2 Å². The number of para-hydroxylation sites is 2. The highest BCUT2D eigenvalue weighted by Crippen LogP contribution is 2.46. The molecule has 28 heavy (non-hydrogen) atoms. The van der Waals surface area contributed by atoms with E-state index < -0.39 is 21.8 Å². The second-order valence-electron chi connectivity index (χ2n) is 6.91. The Balaban J connectivity index is 0.00000225. The molecule has 0 radical (unpaired) electrons. The molecule has 2 heterocycles. The van der Waals surface area contributed by atoms with Crippen LogP contribution in [0.25, 0.3) is 0 Å². The van der Waals surface area contributed by atoms with Crippen LogP contribution in [0.4, 0.5) is 25.8 Å². The molecule has 0 aliphatic carbocycles. The molecular weight excluding hydrogens is 408 g/mol. The average molecular weight is 430 g/mol. The van der Waals surface area contributed by atoms with Gasteiger partial charge in [-0.1, -0.05) is 12.1 Å². The maximum absolute atomic E-state index is 14.4. The zero-order chi connectivity index (χ0) is 19.0. The van der Waals surface area contributed by atoms with Gasteiger partial charge in [-0.15, -0.1) is 12.4 Å². The van der Waals surface area contributed by atoms with Gasteiger partial charge in [0.15, 0.2) is 5.82 Å². The Morgan fingerprint density at radius 2 is 1.68 bits per heavy atom. The second kappa shape index (κ2) is 8.23. The van der Waals surface area contributed by atoms with E-state index in [9.17, 15) is 17.2 Å². The predicted molar refractivity (Wildman–Crippen MR) is 109 cm³/mol. The number of nitrogens with one attached hydrogen (secondary N) is 1. The lowest BCUT2D eigenvalue weighted by Gasteiger charge is -2.26. The highest BCUT2D eigenvalue weighted by molar-refractivity contribution is 7.95. The van der Waals surface area contributed by atoms with Gasteiger partial charge in [-0.25, -0.2) is 13.1 Å². The van der Waals surface area contributed by atoms with Crippen molar-refractivity contribution in [1.82, 2.24) is 5.32 Å². The van der Waals surface area contributed by atoms with Gasteiger partial charge in [-0.3, -0.25) is 4.31 Å². The predicted octanol–water partition coefficient (Wildman–Crippen LogP) is 3.98. The molecule has 1 fully saturated rings. The van der Waals surface area contributed by atoms with Crippen molar-refractivity contribution in [2.45, 2.75) is 19.3 Å². The topological polar surface area (TPSA) is 52.7 Å². The van der Waals surface area contributed by atoms with Crippen LogP contribution < -0.4 is 13.9 Å². The van der Waals surface area contributed by atoms with Crippen LogP contribution >= 0.6 is 12.4 Å². The second-order valence-corrected chi connectivity index (χ2v) is 8.61. The van der Waals surface area contributed by atoms with E-state index in [1.54, 1.807) is 24.3 Å². The number of fused-ring (bicyclic) bond motifs is 1. The van der Waals surface area contributed by atoms with E-state index in [0.717, 1.165) is 48.8 Å². The number of nitrogens with zero attached hydrogens (tertiary/aromatic N) is 2. The van der Waals surface area contributed by atoms with Gasteiger partial charge in [0, 0.05) is 12.6 Å².